The second-order valence-corrected chi connectivity index (χ2v) is 6.02. The Labute approximate surface area is 192 Å². The maximum atomic E-state index is 8.40. The smallest absolute Gasteiger partial charge is 0.0944 e. The van der Waals surface area contributed by atoms with Crippen LogP contribution >= 0.6 is 81.5 Å². The summed E-state index contributed by atoms with van der Waals surface area (Å²) >= 11 is 34.6. The maximum absolute atomic E-state index is 8.40. The molecule has 0 amide bonds. The van der Waals surface area contributed by atoms with Gasteiger partial charge >= 0.3 is 0 Å². The van der Waals surface area contributed by atoms with Gasteiger partial charge in [0.2, 0.25) is 0 Å². The number of rotatable bonds is 6. The average molecular weight is 522 g/mol. The fourth-order valence-electron chi connectivity index (χ4n) is 0.247. The van der Waals surface area contributed by atoms with Crippen LogP contribution in [0.25, 0.3) is 0 Å². The van der Waals surface area contributed by atoms with E-state index in [-0.39, 0.29) is 23.7 Å². The Morgan fingerprint density at radius 2 is 1.42 bits per heavy atom. The van der Waals surface area contributed by atoms with Gasteiger partial charge in [-0.05, 0) is 6.92 Å². The molecular formula is C15H29Cl7O4. The highest BCUT2D eigenvalue weighted by Crippen LogP contribution is 2.08. The van der Waals surface area contributed by atoms with Gasteiger partial charge in [-0.25, -0.2) is 0 Å². The molecule has 11 heteroatoms. The topological polar surface area (TPSA) is 73.2 Å². The third-order valence-electron chi connectivity index (χ3n) is 1.41. The summed E-state index contributed by atoms with van der Waals surface area (Å²) in [5, 5.41) is 16.2. The molecule has 1 aliphatic rings. The van der Waals surface area contributed by atoms with Gasteiger partial charge in [0.1, 0.15) is 0 Å². The van der Waals surface area contributed by atoms with Crippen molar-refractivity contribution in [3.8, 4) is 0 Å². The zero-order valence-corrected chi connectivity index (χ0v) is 19.9. The van der Waals surface area contributed by atoms with E-state index in [4.69, 9.17) is 89.2 Å². The molecule has 1 aliphatic heterocycles. The fraction of sp³-hybridized carbons (Fsp3) is 0.733. The predicted molar refractivity (Wildman–Crippen MR) is 120 cm³/mol. The van der Waals surface area contributed by atoms with E-state index < -0.39 is 6.10 Å². The first-order valence-electron chi connectivity index (χ1n) is 7.07. The number of ether oxygens (including phenoxy) is 1. The largest absolute Gasteiger partial charge is 0.395 e. The monoisotopic (exact) mass is 518 g/mol. The Morgan fingerprint density at radius 1 is 1.08 bits per heavy atom. The number of allylic oxidation sites excluding steroid dienone is 2. The van der Waals surface area contributed by atoms with E-state index in [1.807, 2.05) is 6.92 Å². The van der Waals surface area contributed by atoms with Crippen molar-refractivity contribution in [2.75, 3.05) is 42.6 Å². The van der Waals surface area contributed by atoms with Crippen molar-refractivity contribution in [3.63, 3.8) is 0 Å². The minimum Gasteiger partial charge on any atom is -0.395 e. The van der Waals surface area contributed by atoms with Crippen LogP contribution in [0.2, 0.25) is 0 Å². The van der Waals surface area contributed by atoms with Crippen LogP contribution in [0.4, 0.5) is 0 Å². The average Bonchev–Trinajstić information content (AvgIpc) is 3.54. The summed E-state index contributed by atoms with van der Waals surface area (Å²) in [4.78, 5) is 0. The van der Waals surface area contributed by atoms with Crippen molar-refractivity contribution in [3.05, 3.63) is 25.3 Å². The van der Waals surface area contributed by atoms with Crippen molar-refractivity contribution < 1.29 is 19.6 Å². The second kappa shape index (κ2) is 40.9. The van der Waals surface area contributed by atoms with Gasteiger partial charge in [-0.2, -0.15) is 0 Å². The molecule has 1 saturated heterocycles. The molecule has 26 heavy (non-hydrogen) atoms. The van der Waals surface area contributed by atoms with Crippen molar-refractivity contribution in [2.45, 2.75) is 24.5 Å². The molecule has 2 atom stereocenters. The summed E-state index contributed by atoms with van der Waals surface area (Å²) < 4.78 is 11.2. The van der Waals surface area contributed by atoms with Gasteiger partial charge in [-0.1, -0.05) is 12.2 Å². The molecule has 0 spiro atoms. The van der Waals surface area contributed by atoms with Crippen molar-refractivity contribution in [1.29, 1.82) is 0 Å². The molecule has 0 aromatic heterocycles. The van der Waals surface area contributed by atoms with E-state index in [1.165, 1.54) is 0 Å². The quantitative estimate of drug-likeness (QED) is 0.261. The van der Waals surface area contributed by atoms with E-state index in [9.17, 15) is 0 Å². The highest BCUT2D eigenvalue weighted by atomic mass is 35.5. The Bertz CT molecular complexity index is 218. The van der Waals surface area contributed by atoms with Gasteiger partial charge in [0, 0.05) is 23.5 Å². The number of halogens is 7. The molecule has 1 fully saturated rings. The van der Waals surface area contributed by atoms with Crippen molar-refractivity contribution in [1.82, 2.24) is 0 Å². The summed E-state index contributed by atoms with van der Waals surface area (Å²) in [6.07, 6.45) is 3.26. The number of epoxide rings is 1. The first-order chi connectivity index (χ1) is 12.4. The summed E-state index contributed by atoms with van der Waals surface area (Å²) in [6, 6.07) is 0. The van der Waals surface area contributed by atoms with Crippen LogP contribution in [0.3, 0.4) is 0 Å². The minimum absolute atomic E-state index is 0.0367. The van der Waals surface area contributed by atoms with Crippen LogP contribution in [-0.2, 0) is 4.74 Å². The number of hydrogen-bond acceptors (Lipinski definition) is 4. The van der Waals surface area contributed by atoms with Gasteiger partial charge < -0.3 is 14.9 Å². The molecule has 1 heterocycles. The number of aliphatic hydroxyl groups is 2. The lowest BCUT2D eigenvalue weighted by molar-refractivity contribution is 0.222. The fourth-order valence-corrected chi connectivity index (χ4v) is 0.853. The Hall–Kier alpha value is 1.35. The van der Waals surface area contributed by atoms with Gasteiger partial charge in [0.15, 0.2) is 0 Å². The lowest BCUT2D eigenvalue weighted by atomic mass is 10.5. The Morgan fingerprint density at radius 3 is 1.42 bits per heavy atom. The van der Waals surface area contributed by atoms with Crippen LogP contribution in [-0.4, -0.2) is 75.1 Å². The van der Waals surface area contributed by atoms with Crippen LogP contribution < -0.4 is 0 Å². The number of alkyl halides is 6. The summed E-state index contributed by atoms with van der Waals surface area (Å²) in [5.74, 6) is 1.99. The zero-order chi connectivity index (χ0) is 21.8. The van der Waals surface area contributed by atoms with E-state index in [1.54, 1.807) is 12.2 Å². The molecule has 2 unspecified atom stereocenters. The highest BCUT2D eigenvalue weighted by Gasteiger charge is 2.19. The highest BCUT2D eigenvalue weighted by molar-refractivity contribution is 6.28. The summed E-state index contributed by atoms with van der Waals surface area (Å²) in [5.41, 5.74) is 0. The maximum Gasteiger partial charge on any atom is 0.0944 e. The van der Waals surface area contributed by atoms with Crippen molar-refractivity contribution in [2.24, 2.45) is 0 Å². The minimum atomic E-state index is -0.534. The van der Waals surface area contributed by atoms with Crippen LogP contribution in [0.5, 0.6) is 0 Å². The third-order valence-corrected chi connectivity index (χ3v) is 3.50. The molecule has 0 aromatic carbocycles. The lowest BCUT2D eigenvalue weighted by Gasteiger charge is -1.94. The Kier molecular flexibility index (Phi) is 59.8. The molecular weight excluding hydrogens is 492 g/mol. The standard InChI is InChI=1S/2C3H6Cl2O.C3H5ClO.C3H5Cl.C3H6.ClHO/c4-1-3(5)2-6;4-1-3(6)2-5;4-1-3-2-5-3;1-2-3-4;1-3-2;1-2/h2*3,6H,1-2H2;3H,1-2H2;2H,1,3H2;3H,1H2,2H3;2H. The molecule has 4 nitrogen and oxygen atoms in total. The summed E-state index contributed by atoms with van der Waals surface area (Å²) in [6.45, 7) is 9.44. The van der Waals surface area contributed by atoms with Crippen molar-refractivity contribution >= 4 is 81.5 Å². The van der Waals surface area contributed by atoms with Gasteiger partial charge in [0.05, 0.1) is 48.5 Å². The second-order valence-electron chi connectivity index (χ2n) is 3.86. The van der Waals surface area contributed by atoms with E-state index in [0.717, 1.165) is 6.61 Å². The lowest BCUT2D eigenvalue weighted by Crippen LogP contribution is -2.08. The van der Waals surface area contributed by atoms with E-state index in [0.29, 0.717) is 23.7 Å². The molecule has 1 rings (SSSR count). The molecule has 162 valence electrons. The van der Waals surface area contributed by atoms with E-state index >= 15 is 0 Å². The molecule has 0 aliphatic carbocycles. The van der Waals surface area contributed by atoms with Gasteiger partial charge in [-0.15, -0.1) is 82.8 Å². The van der Waals surface area contributed by atoms with Crippen LogP contribution in [0.15, 0.2) is 25.3 Å². The van der Waals surface area contributed by atoms with Crippen LogP contribution in [0, 0.1) is 0 Å². The molecule has 0 aromatic rings. The molecule has 0 radical (unpaired) electrons. The zero-order valence-electron chi connectivity index (χ0n) is 14.6. The van der Waals surface area contributed by atoms with Gasteiger partial charge in [-0.3, -0.25) is 4.66 Å². The Balaban J connectivity index is -0.0000000702. The summed E-state index contributed by atoms with van der Waals surface area (Å²) in [7, 11) is 0. The normalized spacial score (nSPS) is 13.9. The SMILES string of the molecule is C=CC.C=CCCl.ClCC1CO1.OC(CCl)CCl.OCC(Cl)CCl.OCl. The predicted octanol–water partition coefficient (Wildman–Crippen LogP) is 5.01. The first-order valence-corrected chi connectivity index (χ1v) is 10.5. The van der Waals surface area contributed by atoms with Crippen LogP contribution in [0.1, 0.15) is 6.92 Å². The number of aliphatic hydroxyl groups excluding tert-OH is 2. The van der Waals surface area contributed by atoms with E-state index in [2.05, 4.69) is 25.0 Å². The molecule has 3 N–H and O–H groups in total. The molecule has 0 saturated carbocycles. The number of hydrogen-bond donors (Lipinski definition) is 3. The first kappa shape index (κ1) is 38.0. The third kappa shape index (κ3) is 63.8. The van der Waals surface area contributed by atoms with Gasteiger partial charge in [0.25, 0.3) is 0 Å². The molecule has 0 bridgehead atoms.